The van der Waals surface area contributed by atoms with Gasteiger partial charge in [0.15, 0.2) is 4.38 Å². The first-order valence-corrected chi connectivity index (χ1v) is 8.56. The van der Waals surface area contributed by atoms with Gasteiger partial charge in [-0.1, -0.05) is 47.8 Å². The molecule has 1 aromatic carbocycles. The first kappa shape index (κ1) is 14.9. The monoisotopic (exact) mass is 330 g/mol. The average Bonchev–Trinajstić information content (AvgIpc) is 3.04. The molecule has 2 N–H and O–H groups in total. The molecule has 0 fully saturated rings. The van der Waals surface area contributed by atoms with Gasteiger partial charge in [0.25, 0.3) is 0 Å². The Morgan fingerprint density at radius 3 is 2.82 bits per heavy atom. The minimum atomic E-state index is -0.0409. The van der Waals surface area contributed by atoms with Crippen molar-refractivity contribution < 1.29 is 4.79 Å². The summed E-state index contributed by atoms with van der Waals surface area (Å²) in [4.78, 5) is 16.2. The quantitative estimate of drug-likeness (QED) is 0.902. The summed E-state index contributed by atoms with van der Waals surface area (Å²) in [6.45, 7) is 0. The second kappa shape index (κ2) is 7.33. The fourth-order valence-corrected chi connectivity index (χ4v) is 3.69. The van der Waals surface area contributed by atoms with Crippen LogP contribution in [0, 0.1) is 0 Å². The number of pyridine rings is 1. The lowest BCUT2D eigenvalue weighted by atomic mass is 10.3. The molecule has 0 saturated heterocycles. The van der Waals surface area contributed by atoms with E-state index in [2.05, 4.69) is 20.8 Å². The maximum absolute atomic E-state index is 11.9. The van der Waals surface area contributed by atoms with Crippen LogP contribution in [-0.2, 0) is 4.79 Å². The molecule has 2 aromatic rings. The van der Waals surface area contributed by atoms with Crippen LogP contribution in [0.1, 0.15) is 11.1 Å². The molecule has 1 aliphatic rings. The lowest BCUT2D eigenvalue weighted by molar-refractivity contribution is -0.113. The number of hydrazone groups is 1. The molecule has 0 radical (unpaired) electrons. The minimum Gasteiger partial charge on any atom is -0.325 e. The molecule has 0 unspecified atom stereocenters. The van der Waals surface area contributed by atoms with E-state index in [9.17, 15) is 4.79 Å². The van der Waals surface area contributed by atoms with E-state index in [1.807, 2.05) is 48.5 Å². The van der Waals surface area contributed by atoms with Crippen molar-refractivity contribution >= 4 is 39.5 Å². The number of hydrogen-bond acceptors (Lipinski definition) is 6. The second-order valence-electron chi connectivity index (χ2n) is 4.46. The summed E-state index contributed by atoms with van der Waals surface area (Å²) in [6.07, 6.45) is 1.76. The first-order valence-electron chi connectivity index (χ1n) is 6.70. The highest BCUT2D eigenvalue weighted by Crippen LogP contribution is 2.34. The molecular weight excluding hydrogens is 316 g/mol. The topological polar surface area (TPSA) is 66.4 Å². The predicted molar refractivity (Wildman–Crippen MR) is 92.7 cm³/mol. The molecule has 0 spiro atoms. The Kier molecular flexibility index (Phi) is 4.97. The van der Waals surface area contributed by atoms with E-state index in [0.29, 0.717) is 5.75 Å². The lowest BCUT2D eigenvalue weighted by Crippen LogP contribution is -2.14. The van der Waals surface area contributed by atoms with Crippen molar-refractivity contribution in [1.29, 1.82) is 0 Å². The van der Waals surface area contributed by atoms with Crippen LogP contribution in [0.4, 0.5) is 5.69 Å². The van der Waals surface area contributed by atoms with Crippen LogP contribution in [0.25, 0.3) is 0 Å². The van der Waals surface area contributed by atoms with E-state index >= 15 is 0 Å². The molecular formula is C15H14N4OS2. The third-order valence-electron chi connectivity index (χ3n) is 2.83. The average molecular weight is 330 g/mol. The Labute approximate surface area is 137 Å². The molecule has 1 amide bonds. The number of benzene rings is 1. The summed E-state index contributed by atoms with van der Waals surface area (Å²) in [7, 11) is 0. The molecule has 0 bridgehead atoms. The van der Waals surface area contributed by atoms with Gasteiger partial charge in [-0.05, 0) is 24.3 Å². The zero-order valence-electron chi connectivity index (χ0n) is 11.6. The second-order valence-corrected chi connectivity index (χ2v) is 6.78. The standard InChI is InChI=1S/C15H14N4OS2/c20-13(17-11-6-2-1-3-7-11)10-21-15-19-18-14(22-15)12-8-4-5-9-16-12/h1-9,14,18H,10H2,(H,17,20)/t14-/m1/s1. The number of nitrogens with one attached hydrogen (secondary N) is 2. The highest BCUT2D eigenvalue weighted by Gasteiger charge is 2.22. The van der Waals surface area contributed by atoms with Gasteiger partial charge in [-0.25, -0.2) is 0 Å². The van der Waals surface area contributed by atoms with Crippen LogP contribution < -0.4 is 10.7 Å². The molecule has 3 rings (SSSR count). The Morgan fingerprint density at radius 2 is 2.05 bits per heavy atom. The predicted octanol–water partition coefficient (Wildman–Crippen LogP) is 3.06. The van der Waals surface area contributed by atoms with E-state index in [0.717, 1.165) is 15.8 Å². The smallest absolute Gasteiger partial charge is 0.234 e. The van der Waals surface area contributed by atoms with Crippen molar-refractivity contribution in [3.63, 3.8) is 0 Å². The maximum atomic E-state index is 11.9. The van der Waals surface area contributed by atoms with Gasteiger partial charge < -0.3 is 5.32 Å². The van der Waals surface area contributed by atoms with Crippen molar-refractivity contribution in [3.8, 4) is 0 Å². The fourth-order valence-electron chi connectivity index (χ4n) is 1.83. The van der Waals surface area contributed by atoms with E-state index in [1.165, 1.54) is 11.8 Å². The van der Waals surface area contributed by atoms with Gasteiger partial charge in [-0.15, -0.1) is 0 Å². The molecule has 0 aliphatic carbocycles. The van der Waals surface area contributed by atoms with Gasteiger partial charge in [-0.2, -0.15) is 5.10 Å². The van der Waals surface area contributed by atoms with Crippen molar-refractivity contribution in [2.75, 3.05) is 11.1 Å². The molecule has 22 heavy (non-hydrogen) atoms. The van der Waals surface area contributed by atoms with Crippen LogP contribution in [0.5, 0.6) is 0 Å². The SMILES string of the molecule is O=C(CSC1=NN[C@@H](c2ccccn2)S1)Nc1ccccc1. The van der Waals surface area contributed by atoms with Crippen LogP contribution >= 0.6 is 23.5 Å². The summed E-state index contributed by atoms with van der Waals surface area (Å²) < 4.78 is 0.846. The lowest BCUT2D eigenvalue weighted by Gasteiger charge is -2.07. The van der Waals surface area contributed by atoms with Crippen molar-refractivity contribution in [2.45, 2.75) is 5.37 Å². The van der Waals surface area contributed by atoms with Gasteiger partial charge in [0.2, 0.25) is 5.91 Å². The van der Waals surface area contributed by atoms with E-state index in [4.69, 9.17) is 0 Å². The van der Waals surface area contributed by atoms with Gasteiger partial charge >= 0.3 is 0 Å². The number of aromatic nitrogens is 1. The summed E-state index contributed by atoms with van der Waals surface area (Å²) >= 11 is 2.99. The van der Waals surface area contributed by atoms with Crippen molar-refractivity contribution in [3.05, 3.63) is 60.4 Å². The number of rotatable bonds is 4. The molecule has 112 valence electrons. The number of hydrogen-bond donors (Lipinski definition) is 2. The summed E-state index contributed by atoms with van der Waals surface area (Å²) in [5.74, 6) is 0.290. The molecule has 2 heterocycles. The summed E-state index contributed by atoms with van der Waals surface area (Å²) in [5.41, 5.74) is 4.77. The van der Waals surface area contributed by atoms with Crippen LogP contribution in [0.15, 0.2) is 59.8 Å². The normalized spacial score (nSPS) is 16.7. The molecule has 0 saturated carbocycles. The number of carbonyl (C=O) groups is 1. The van der Waals surface area contributed by atoms with E-state index < -0.39 is 0 Å². The first-order chi connectivity index (χ1) is 10.8. The highest BCUT2D eigenvalue weighted by atomic mass is 32.2. The van der Waals surface area contributed by atoms with Crippen LogP contribution in [-0.4, -0.2) is 21.0 Å². The molecule has 1 atom stereocenters. The van der Waals surface area contributed by atoms with Crippen molar-refractivity contribution in [2.24, 2.45) is 5.10 Å². The van der Waals surface area contributed by atoms with E-state index in [1.54, 1.807) is 18.0 Å². The number of para-hydroxylation sites is 1. The highest BCUT2D eigenvalue weighted by molar-refractivity contribution is 8.39. The van der Waals surface area contributed by atoms with Gasteiger partial charge in [0.1, 0.15) is 5.37 Å². The van der Waals surface area contributed by atoms with Crippen LogP contribution in [0.3, 0.4) is 0 Å². The number of amides is 1. The molecule has 5 nitrogen and oxygen atoms in total. The Hall–Kier alpha value is -1.99. The third-order valence-corrected chi connectivity index (χ3v) is 5.09. The zero-order valence-corrected chi connectivity index (χ0v) is 13.2. The number of thioether (sulfide) groups is 2. The molecule has 7 heteroatoms. The third kappa shape index (κ3) is 4.02. The maximum Gasteiger partial charge on any atom is 0.234 e. The largest absolute Gasteiger partial charge is 0.325 e. The molecule has 1 aromatic heterocycles. The van der Waals surface area contributed by atoms with Gasteiger partial charge in [0, 0.05) is 11.9 Å². The number of anilines is 1. The summed E-state index contributed by atoms with van der Waals surface area (Å²) in [6, 6.07) is 15.2. The Balaban J connectivity index is 1.46. The summed E-state index contributed by atoms with van der Waals surface area (Å²) in [5, 5.41) is 7.11. The van der Waals surface area contributed by atoms with Gasteiger partial charge in [-0.3, -0.25) is 15.2 Å². The van der Waals surface area contributed by atoms with E-state index in [-0.39, 0.29) is 11.3 Å². The number of carbonyl (C=O) groups excluding carboxylic acids is 1. The fraction of sp³-hybridized carbons (Fsp3) is 0.133. The van der Waals surface area contributed by atoms with Crippen LogP contribution in [0.2, 0.25) is 0 Å². The Bertz CT molecular complexity index is 664. The van der Waals surface area contributed by atoms with Gasteiger partial charge in [0.05, 0.1) is 11.4 Å². The van der Waals surface area contributed by atoms with Crippen molar-refractivity contribution in [1.82, 2.24) is 10.4 Å². The Morgan fingerprint density at radius 1 is 1.23 bits per heavy atom. The molecule has 1 aliphatic heterocycles. The minimum absolute atomic E-state index is 0.0147. The zero-order chi connectivity index (χ0) is 15.2. The number of nitrogens with zero attached hydrogens (tertiary/aromatic N) is 2.